The fourth-order valence-corrected chi connectivity index (χ4v) is 3.14. The number of amides is 1. The van der Waals surface area contributed by atoms with Crippen LogP contribution in [0.25, 0.3) is 22.4 Å². The van der Waals surface area contributed by atoms with E-state index in [1.54, 1.807) is 36.4 Å². The monoisotopic (exact) mass is 373 g/mol. The number of hydrogen-bond acceptors (Lipinski definition) is 4. The Labute approximate surface area is 161 Å². The molecule has 6 nitrogen and oxygen atoms in total. The molecule has 0 bridgehead atoms. The number of para-hydroxylation sites is 2. The Morgan fingerprint density at radius 3 is 2.50 bits per heavy atom. The molecule has 4 rings (SSSR count). The van der Waals surface area contributed by atoms with E-state index in [0.717, 1.165) is 16.6 Å². The van der Waals surface area contributed by atoms with E-state index in [1.807, 2.05) is 35.8 Å². The van der Waals surface area contributed by atoms with Crippen LogP contribution in [-0.2, 0) is 6.54 Å². The van der Waals surface area contributed by atoms with Gasteiger partial charge in [0.25, 0.3) is 5.91 Å². The fourth-order valence-electron chi connectivity index (χ4n) is 3.14. The molecule has 140 valence electrons. The first-order valence-corrected chi connectivity index (χ1v) is 9.04. The average Bonchev–Trinajstić information content (AvgIpc) is 3.32. The first-order chi connectivity index (χ1) is 13.6. The lowest BCUT2D eigenvalue weighted by atomic mass is 10.1. The minimum absolute atomic E-state index is 0.00451. The summed E-state index contributed by atoms with van der Waals surface area (Å²) in [6, 6.07) is 18.2. The van der Waals surface area contributed by atoms with Crippen LogP contribution in [0.2, 0.25) is 0 Å². The maximum atomic E-state index is 12.6. The van der Waals surface area contributed by atoms with Gasteiger partial charge in [0.05, 0.1) is 11.0 Å². The molecule has 0 saturated heterocycles. The van der Waals surface area contributed by atoms with Gasteiger partial charge < -0.3 is 8.98 Å². The number of aromatic nitrogens is 2. The molecule has 4 aromatic rings. The van der Waals surface area contributed by atoms with Crippen LogP contribution >= 0.6 is 0 Å². The molecule has 0 radical (unpaired) electrons. The van der Waals surface area contributed by atoms with Crippen molar-refractivity contribution in [3.8, 4) is 11.3 Å². The molecule has 0 aliphatic rings. The van der Waals surface area contributed by atoms with Crippen LogP contribution in [0.5, 0.6) is 0 Å². The van der Waals surface area contributed by atoms with Crippen molar-refractivity contribution >= 4 is 28.7 Å². The normalized spacial score (nSPS) is 10.9. The topological polar surface area (TPSA) is 77.1 Å². The van der Waals surface area contributed by atoms with E-state index in [2.05, 4.69) is 10.3 Å². The number of benzene rings is 2. The molecule has 2 heterocycles. The lowest BCUT2D eigenvalue weighted by Crippen LogP contribution is -2.15. The lowest BCUT2D eigenvalue weighted by molar-refractivity contribution is 0.0993. The van der Waals surface area contributed by atoms with Crippen molar-refractivity contribution < 1.29 is 14.0 Å². The number of ketones is 1. The molecule has 0 aliphatic carbocycles. The summed E-state index contributed by atoms with van der Waals surface area (Å²) in [6.07, 6.45) is 0. The van der Waals surface area contributed by atoms with Crippen molar-refractivity contribution in [2.45, 2.75) is 20.4 Å². The predicted octanol–water partition coefficient (Wildman–Crippen LogP) is 4.77. The molecule has 0 saturated carbocycles. The van der Waals surface area contributed by atoms with E-state index in [0.29, 0.717) is 23.8 Å². The summed E-state index contributed by atoms with van der Waals surface area (Å²) in [4.78, 5) is 28.5. The molecule has 0 unspecified atom stereocenters. The standard InChI is InChI=1S/C22H19N3O3/c1-3-25-18-7-5-4-6-17(18)23-22(25)24-21(27)20-13-12-19(28-20)16-10-8-15(9-11-16)14(2)26/h4-13H,3H2,1-2H3,(H,23,24,27). The molecule has 0 fully saturated rings. The highest BCUT2D eigenvalue weighted by Crippen LogP contribution is 2.24. The molecule has 1 amide bonds. The highest BCUT2D eigenvalue weighted by Gasteiger charge is 2.17. The maximum absolute atomic E-state index is 12.6. The Morgan fingerprint density at radius 2 is 1.79 bits per heavy atom. The molecule has 0 aliphatic heterocycles. The number of Topliss-reactive ketones (excluding diaryl/α,β-unsaturated/α-hetero) is 1. The van der Waals surface area contributed by atoms with Gasteiger partial charge in [-0.05, 0) is 38.1 Å². The number of carbonyl (C=O) groups is 2. The molecule has 2 aromatic carbocycles. The van der Waals surface area contributed by atoms with Gasteiger partial charge in [-0.2, -0.15) is 0 Å². The van der Waals surface area contributed by atoms with E-state index in [9.17, 15) is 9.59 Å². The van der Waals surface area contributed by atoms with Crippen molar-refractivity contribution in [1.29, 1.82) is 0 Å². The lowest BCUT2D eigenvalue weighted by Gasteiger charge is -2.06. The van der Waals surface area contributed by atoms with Crippen LogP contribution in [0.4, 0.5) is 5.95 Å². The Kier molecular flexibility index (Phi) is 4.53. The van der Waals surface area contributed by atoms with Gasteiger partial charge in [0.1, 0.15) is 5.76 Å². The van der Waals surface area contributed by atoms with Crippen molar-refractivity contribution in [3.63, 3.8) is 0 Å². The van der Waals surface area contributed by atoms with Crippen LogP contribution in [0, 0.1) is 0 Å². The van der Waals surface area contributed by atoms with Crippen molar-refractivity contribution in [2.75, 3.05) is 5.32 Å². The highest BCUT2D eigenvalue weighted by molar-refractivity contribution is 6.02. The number of fused-ring (bicyclic) bond motifs is 1. The number of anilines is 1. The van der Waals surface area contributed by atoms with Gasteiger partial charge in [0.15, 0.2) is 11.5 Å². The summed E-state index contributed by atoms with van der Waals surface area (Å²) in [5.74, 6) is 0.878. The number of rotatable bonds is 5. The number of furan rings is 1. The molecule has 28 heavy (non-hydrogen) atoms. The smallest absolute Gasteiger partial charge is 0.293 e. The van der Waals surface area contributed by atoms with Crippen LogP contribution in [0.15, 0.2) is 65.1 Å². The highest BCUT2D eigenvalue weighted by atomic mass is 16.3. The zero-order valence-electron chi connectivity index (χ0n) is 15.6. The summed E-state index contributed by atoms with van der Waals surface area (Å²) < 4.78 is 7.66. The summed E-state index contributed by atoms with van der Waals surface area (Å²) in [5, 5.41) is 2.83. The third-order valence-corrected chi connectivity index (χ3v) is 4.60. The Bertz CT molecular complexity index is 1170. The van der Waals surface area contributed by atoms with Crippen molar-refractivity contribution in [3.05, 3.63) is 72.0 Å². The number of imidazole rings is 1. The molecule has 0 atom stereocenters. The zero-order chi connectivity index (χ0) is 19.7. The third-order valence-electron chi connectivity index (χ3n) is 4.60. The van der Waals surface area contributed by atoms with Gasteiger partial charge in [-0.25, -0.2) is 4.98 Å². The number of carbonyl (C=O) groups excluding carboxylic acids is 2. The van der Waals surface area contributed by atoms with Crippen LogP contribution in [0.1, 0.15) is 34.8 Å². The van der Waals surface area contributed by atoms with Crippen LogP contribution < -0.4 is 5.32 Å². The Morgan fingerprint density at radius 1 is 1.04 bits per heavy atom. The SMILES string of the molecule is CCn1c(NC(=O)c2ccc(-c3ccc(C(C)=O)cc3)o2)nc2ccccc21. The first-order valence-electron chi connectivity index (χ1n) is 9.04. The quantitative estimate of drug-likeness (QED) is 0.511. The fraction of sp³-hybridized carbons (Fsp3) is 0.136. The Balaban J connectivity index is 1.57. The maximum Gasteiger partial charge on any atom is 0.293 e. The van der Waals surface area contributed by atoms with Gasteiger partial charge in [-0.3, -0.25) is 14.9 Å². The van der Waals surface area contributed by atoms with Gasteiger partial charge in [0.2, 0.25) is 5.95 Å². The van der Waals surface area contributed by atoms with Crippen molar-refractivity contribution in [1.82, 2.24) is 9.55 Å². The summed E-state index contributed by atoms with van der Waals surface area (Å²) in [5.41, 5.74) is 3.22. The summed E-state index contributed by atoms with van der Waals surface area (Å²) in [7, 11) is 0. The number of aryl methyl sites for hydroxylation is 1. The van der Waals surface area contributed by atoms with Crippen LogP contribution in [0.3, 0.4) is 0 Å². The molecular weight excluding hydrogens is 354 g/mol. The summed E-state index contributed by atoms with van der Waals surface area (Å²) in [6.45, 7) is 4.20. The number of hydrogen-bond donors (Lipinski definition) is 1. The van der Waals surface area contributed by atoms with E-state index >= 15 is 0 Å². The van der Waals surface area contributed by atoms with Gasteiger partial charge in [0, 0.05) is 17.7 Å². The second-order valence-corrected chi connectivity index (χ2v) is 6.42. The largest absolute Gasteiger partial charge is 0.451 e. The third kappa shape index (κ3) is 3.20. The molecule has 1 N–H and O–H groups in total. The summed E-state index contributed by atoms with van der Waals surface area (Å²) >= 11 is 0. The molecule has 2 aromatic heterocycles. The van der Waals surface area contributed by atoms with Gasteiger partial charge in [-0.1, -0.05) is 36.4 Å². The number of nitrogens with one attached hydrogen (secondary N) is 1. The minimum Gasteiger partial charge on any atom is -0.451 e. The Hall–Kier alpha value is -3.67. The molecule has 6 heteroatoms. The average molecular weight is 373 g/mol. The second-order valence-electron chi connectivity index (χ2n) is 6.42. The minimum atomic E-state index is -0.364. The van der Waals surface area contributed by atoms with Gasteiger partial charge >= 0.3 is 0 Å². The zero-order valence-corrected chi connectivity index (χ0v) is 15.6. The molecule has 0 spiro atoms. The molecular formula is C22H19N3O3. The predicted molar refractivity (Wildman–Crippen MR) is 108 cm³/mol. The van der Waals surface area contributed by atoms with Crippen LogP contribution in [-0.4, -0.2) is 21.2 Å². The van der Waals surface area contributed by atoms with E-state index in [-0.39, 0.29) is 17.5 Å². The van der Waals surface area contributed by atoms with Crippen molar-refractivity contribution in [2.24, 2.45) is 0 Å². The van der Waals surface area contributed by atoms with E-state index < -0.39 is 0 Å². The number of nitrogens with zero attached hydrogens (tertiary/aromatic N) is 2. The van der Waals surface area contributed by atoms with E-state index in [4.69, 9.17) is 4.42 Å². The van der Waals surface area contributed by atoms with Gasteiger partial charge in [-0.15, -0.1) is 0 Å². The first kappa shape index (κ1) is 17.7. The van der Waals surface area contributed by atoms with E-state index in [1.165, 1.54) is 6.92 Å². The second kappa shape index (κ2) is 7.15.